The predicted molar refractivity (Wildman–Crippen MR) is 117 cm³/mol. The molecule has 1 N–H and O–H groups in total. The van der Waals surface area contributed by atoms with Crippen LogP contribution in [0.25, 0.3) is 10.9 Å². The summed E-state index contributed by atoms with van der Waals surface area (Å²) >= 11 is 0. The van der Waals surface area contributed by atoms with Gasteiger partial charge in [0.15, 0.2) is 0 Å². The fourth-order valence-electron chi connectivity index (χ4n) is 4.98. The Hall–Kier alpha value is -2.59. The third-order valence-corrected chi connectivity index (χ3v) is 6.76. The first-order chi connectivity index (χ1) is 14.2. The number of aromatic amines is 1. The number of para-hydroxylation sites is 1. The van der Waals surface area contributed by atoms with Gasteiger partial charge >= 0.3 is 0 Å². The molecule has 1 aromatic heterocycles. The SMILES string of the molecule is Cc1cccc2c3c([nH]c12)C(=O)N(CCC1CCN(Cc2ccccc2)CC1)C3. The number of hydrogen-bond donors (Lipinski definition) is 1. The van der Waals surface area contributed by atoms with Gasteiger partial charge in [-0.15, -0.1) is 0 Å². The maximum absolute atomic E-state index is 12.9. The van der Waals surface area contributed by atoms with Crippen LogP contribution in [-0.2, 0) is 13.1 Å². The maximum Gasteiger partial charge on any atom is 0.270 e. The monoisotopic (exact) mass is 387 g/mol. The van der Waals surface area contributed by atoms with E-state index in [0.717, 1.165) is 56.3 Å². The third-order valence-electron chi connectivity index (χ3n) is 6.76. The van der Waals surface area contributed by atoms with Gasteiger partial charge in [-0.05, 0) is 56.3 Å². The van der Waals surface area contributed by atoms with Gasteiger partial charge in [-0.25, -0.2) is 0 Å². The van der Waals surface area contributed by atoms with E-state index in [1.54, 1.807) is 0 Å². The van der Waals surface area contributed by atoms with Crippen molar-refractivity contribution in [2.45, 2.75) is 39.3 Å². The van der Waals surface area contributed by atoms with Crippen molar-refractivity contribution in [1.29, 1.82) is 0 Å². The number of nitrogens with zero attached hydrogens (tertiary/aromatic N) is 2. The van der Waals surface area contributed by atoms with Crippen LogP contribution in [0.2, 0.25) is 0 Å². The Morgan fingerprint density at radius 2 is 1.83 bits per heavy atom. The van der Waals surface area contributed by atoms with Gasteiger partial charge in [-0.3, -0.25) is 9.69 Å². The summed E-state index contributed by atoms with van der Waals surface area (Å²) in [6.07, 6.45) is 3.59. The molecule has 4 nitrogen and oxygen atoms in total. The highest BCUT2D eigenvalue weighted by molar-refractivity contribution is 6.04. The van der Waals surface area contributed by atoms with Crippen molar-refractivity contribution in [1.82, 2.24) is 14.8 Å². The molecule has 2 aromatic carbocycles. The first-order valence-electron chi connectivity index (χ1n) is 10.8. The van der Waals surface area contributed by atoms with E-state index >= 15 is 0 Å². The smallest absolute Gasteiger partial charge is 0.270 e. The third kappa shape index (κ3) is 3.58. The Morgan fingerprint density at radius 3 is 2.62 bits per heavy atom. The molecule has 0 radical (unpaired) electrons. The minimum atomic E-state index is 0.178. The molecule has 1 fully saturated rings. The van der Waals surface area contributed by atoms with Crippen LogP contribution in [0.5, 0.6) is 0 Å². The van der Waals surface area contributed by atoms with Gasteiger partial charge in [0, 0.05) is 36.1 Å². The van der Waals surface area contributed by atoms with Crippen LogP contribution in [0.3, 0.4) is 0 Å². The van der Waals surface area contributed by atoms with Crippen LogP contribution in [0, 0.1) is 12.8 Å². The Kier molecular flexibility index (Phi) is 4.88. The van der Waals surface area contributed by atoms with E-state index in [1.807, 2.05) is 4.90 Å². The van der Waals surface area contributed by atoms with Crippen LogP contribution in [0.15, 0.2) is 48.5 Å². The second kappa shape index (κ2) is 7.68. The second-order valence-corrected chi connectivity index (χ2v) is 8.70. The summed E-state index contributed by atoms with van der Waals surface area (Å²) in [7, 11) is 0. The molecule has 1 amide bonds. The zero-order valence-electron chi connectivity index (χ0n) is 17.2. The summed E-state index contributed by atoms with van der Waals surface area (Å²) in [5, 5.41) is 1.21. The maximum atomic E-state index is 12.9. The average molecular weight is 388 g/mol. The molecule has 5 rings (SSSR count). The van der Waals surface area contributed by atoms with E-state index in [4.69, 9.17) is 0 Å². The summed E-state index contributed by atoms with van der Waals surface area (Å²) in [6, 6.07) is 17.1. The molecule has 2 aliphatic heterocycles. The lowest BCUT2D eigenvalue weighted by Gasteiger charge is -2.32. The lowest BCUT2D eigenvalue weighted by atomic mass is 9.93. The molecule has 0 aliphatic carbocycles. The first-order valence-corrected chi connectivity index (χ1v) is 10.8. The summed E-state index contributed by atoms with van der Waals surface area (Å²) < 4.78 is 0. The number of H-pyrrole nitrogens is 1. The normalized spacial score (nSPS) is 18.0. The number of likely N-dealkylation sites (tertiary alicyclic amines) is 1. The van der Waals surface area contributed by atoms with Crippen LogP contribution in [0.4, 0.5) is 0 Å². The van der Waals surface area contributed by atoms with E-state index in [9.17, 15) is 4.79 Å². The van der Waals surface area contributed by atoms with Gasteiger partial charge in [0.05, 0.1) is 0 Å². The molecule has 3 aromatic rings. The molecule has 0 saturated carbocycles. The number of amides is 1. The summed E-state index contributed by atoms with van der Waals surface area (Å²) in [4.78, 5) is 20.9. The van der Waals surface area contributed by atoms with Crippen LogP contribution < -0.4 is 0 Å². The number of carbonyl (C=O) groups is 1. The Bertz CT molecular complexity index is 1020. The molecule has 0 bridgehead atoms. The fourth-order valence-corrected chi connectivity index (χ4v) is 4.98. The van der Waals surface area contributed by atoms with Crippen molar-refractivity contribution in [3.8, 4) is 0 Å². The summed E-state index contributed by atoms with van der Waals surface area (Å²) in [5.74, 6) is 0.907. The first kappa shape index (κ1) is 18.4. The number of carbonyl (C=O) groups excluding carboxylic acids is 1. The number of aryl methyl sites for hydroxylation is 1. The standard InChI is InChI=1S/C25H29N3O/c1-18-6-5-9-21-22-17-28(25(29)24(22)26-23(18)21)15-12-19-10-13-27(14-11-19)16-20-7-3-2-4-8-20/h2-9,19,26H,10-17H2,1H3. The quantitative estimate of drug-likeness (QED) is 0.687. The van der Waals surface area contributed by atoms with Gasteiger partial charge in [-0.1, -0.05) is 48.5 Å². The van der Waals surface area contributed by atoms with Crippen molar-refractivity contribution in [3.05, 3.63) is 70.9 Å². The van der Waals surface area contributed by atoms with Gasteiger partial charge in [0.2, 0.25) is 0 Å². The highest BCUT2D eigenvalue weighted by atomic mass is 16.2. The van der Waals surface area contributed by atoms with E-state index in [-0.39, 0.29) is 5.91 Å². The van der Waals surface area contributed by atoms with E-state index in [1.165, 1.54) is 34.9 Å². The lowest BCUT2D eigenvalue weighted by molar-refractivity contribution is 0.0753. The number of nitrogens with one attached hydrogen (secondary N) is 1. The predicted octanol–water partition coefficient (Wildman–Crippen LogP) is 4.73. The number of rotatable bonds is 5. The van der Waals surface area contributed by atoms with Crippen molar-refractivity contribution >= 4 is 16.8 Å². The molecular weight excluding hydrogens is 358 g/mol. The minimum absolute atomic E-state index is 0.178. The molecule has 0 atom stereocenters. The van der Waals surface area contributed by atoms with Crippen molar-refractivity contribution in [2.24, 2.45) is 5.92 Å². The van der Waals surface area contributed by atoms with E-state index in [2.05, 4.69) is 65.3 Å². The van der Waals surface area contributed by atoms with E-state index < -0.39 is 0 Å². The lowest BCUT2D eigenvalue weighted by Crippen LogP contribution is -2.35. The molecule has 2 aliphatic rings. The Morgan fingerprint density at radius 1 is 1.03 bits per heavy atom. The van der Waals surface area contributed by atoms with Gasteiger partial charge in [-0.2, -0.15) is 0 Å². The van der Waals surface area contributed by atoms with Crippen LogP contribution in [-0.4, -0.2) is 40.3 Å². The molecule has 0 unspecified atom stereocenters. The van der Waals surface area contributed by atoms with Crippen molar-refractivity contribution in [2.75, 3.05) is 19.6 Å². The van der Waals surface area contributed by atoms with Gasteiger partial charge < -0.3 is 9.88 Å². The molecular formula is C25H29N3O. The Labute approximate surface area is 172 Å². The summed E-state index contributed by atoms with van der Waals surface area (Å²) in [6.45, 7) is 7.11. The molecule has 3 heterocycles. The number of hydrogen-bond acceptors (Lipinski definition) is 2. The van der Waals surface area contributed by atoms with Gasteiger partial charge in [0.1, 0.15) is 5.69 Å². The largest absolute Gasteiger partial charge is 0.350 e. The van der Waals surface area contributed by atoms with Gasteiger partial charge in [0.25, 0.3) is 5.91 Å². The molecule has 0 spiro atoms. The highest BCUT2D eigenvalue weighted by Crippen LogP contribution is 2.32. The second-order valence-electron chi connectivity index (χ2n) is 8.70. The van der Waals surface area contributed by atoms with E-state index in [0.29, 0.717) is 0 Å². The summed E-state index contributed by atoms with van der Waals surface area (Å²) in [5.41, 5.74) is 5.73. The number of fused-ring (bicyclic) bond motifs is 3. The number of aromatic nitrogens is 1. The van der Waals surface area contributed by atoms with Crippen LogP contribution in [0.1, 0.15) is 46.4 Å². The molecule has 29 heavy (non-hydrogen) atoms. The highest BCUT2D eigenvalue weighted by Gasteiger charge is 2.31. The van der Waals surface area contributed by atoms with Crippen LogP contribution >= 0.6 is 0 Å². The fraction of sp³-hybridized carbons (Fsp3) is 0.400. The number of benzene rings is 2. The molecule has 150 valence electrons. The Balaban J connectivity index is 1.15. The number of piperidine rings is 1. The average Bonchev–Trinajstić information content (AvgIpc) is 3.26. The van der Waals surface area contributed by atoms with Crippen molar-refractivity contribution in [3.63, 3.8) is 0 Å². The minimum Gasteiger partial charge on any atom is -0.350 e. The topological polar surface area (TPSA) is 39.3 Å². The zero-order valence-corrected chi connectivity index (χ0v) is 17.2. The molecule has 4 heteroatoms. The molecule has 1 saturated heterocycles. The zero-order chi connectivity index (χ0) is 19.8. The van der Waals surface area contributed by atoms with Crippen molar-refractivity contribution < 1.29 is 4.79 Å².